The van der Waals surface area contributed by atoms with E-state index in [2.05, 4.69) is 26.3 Å². The van der Waals surface area contributed by atoms with Crippen LogP contribution in [0.3, 0.4) is 0 Å². The van der Waals surface area contributed by atoms with E-state index >= 15 is 0 Å². The van der Waals surface area contributed by atoms with Crippen molar-refractivity contribution >= 4 is 7.26 Å². The molecule has 1 nitrogen and oxygen atoms in total. The van der Waals surface area contributed by atoms with Gasteiger partial charge < -0.3 is 5.48 Å². The molecule has 0 aliphatic heterocycles. The van der Waals surface area contributed by atoms with E-state index in [1.807, 2.05) is 24.3 Å². The van der Waals surface area contributed by atoms with Gasteiger partial charge in [0, 0.05) is 7.26 Å². The normalized spacial score (nSPS) is 9.71. The largest absolute Gasteiger partial charge is 0.870 e. The molecule has 0 amide bonds. The molecule has 0 saturated heterocycles. The maximum Gasteiger partial charge on any atom is 0.0780 e. The summed E-state index contributed by atoms with van der Waals surface area (Å²) in [6, 6.07) is 0. The molecule has 0 unspecified atom stereocenters. The Morgan fingerprint density at radius 2 is 0.857 bits per heavy atom. The van der Waals surface area contributed by atoms with E-state index in [0.717, 1.165) is 24.6 Å². The van der Waals surface area contributed by atoms with Gasteiger partial charge in [-0.2, -0.15) is 0 Å². The highest BCUT2D eigenvalue weighted by Gasteiger charge is 2.31. The molecule has 0 aromatic heterocycles. The van der Waals surface area contributed by atoms with E-state index in [-0.39, 0.29) is 5.48 Å². The number of allylic oxidation sites excluding steroid dienone is 4. The summed E-state index contributed by atoms with van der Waals surface area (Å²) in [4.78, 5) is 0. The molecule has 0 atom stereocenters. The van der Waals surface area contributed by atoms with Crippen molar-refractivity contribution in [2.75, 3.05) is 24.6 Å². The van der Waals surface area contributed by atoms with Gasteiger partial charge in [-0.15, -0.1) is 0 Å². The second kappa shape index (κ2) is 8.93. The lowest BCUT2D eigenvalue weighted by Crippen LogP contribution is -2.07. The third-order valence-corrected chi connectivity index (χ3v) is 6.20. The minimum atomic E-state index is -0.968. The van der Waals surface area contributed by atoms with Crippen molar-refractivity contribution < 1.29 is 5.48 Å². The van der Waals surface area contributed by atoms with Crippen LogP contribution in [0.25, 0.3) is 0 Å². The van der Waals surface area contributed by atoms with Crippen LogP contribution in [-0.2, 0) is 0 Å². The average molecular weight is 212 g/mol. The van der Waals surface area contributed by atoms with Gasteiger partial charge in [0.2, 0.25) is 0 Å². The minimum Gasteiger partial charge on any atom is -0.870 e. The van der Waals surface area contributed by atoms with Crippen molar-refractivity contribution in [2.24, 2.45) is 0 Å². The van der Waals surface area contributed by atoms with E-state index < -0.39 is 7.26 Å². The second-order valence-corrected chi connectivity index (χ2v) is 7.37. The molecule has 0 heterocycles. The summed E-state index contributed by atoms with van der Waals surface area (Å²) >= 11 is 0. The first kappa shape index (κ1) is 15.8. The maximum absolute atomic E-state index is 3.82. The molecule has 0 aliphatic carbocycles. The fraction of sp³-hybridized carbons (Fsp3) is 0.333. The molecule has 0 aromatic rings. The molecular weight excluding hydrogens is 191 g/mol. The molecule has 0 fully saturated rings. The van der Waals surface area contributed by atoms with Crippen LogP contribution in [-0.4, -0.2) is 30.1 Å². The number of hydrogen-bond acceptors (Lipinski definition) is 1. The van der Waals surface area contributed by atoms with Crippen LogP contribution in [0.2, 0.25) is 0 Å². The van der Waals surface area contributed by atoms with Gasteiger partial charge in [0.15, 0.2) is 0 Å². The van der Waals surface area contributed by atoms with Crippen molar-refractivity contribution in [3.05, 3.63) is 50.6 Å². The summed E-state index contributed by atoms with van der Waals surface area (Å²) in [5.41, 5.74) is 0. The fourth-order valence-electron chi connectivity index (χ4n) is 1.54. The highest BCUT2D eigenvalue weighted by Crippen LogP contribution is 2.58. The third-order valence-electron chi connectivity index (χ3n) is 2.07. The summed E-state index contributed by atoms with van der Waals surface area (Å²) in [5.74, 6) is 0. The molecule has 14 heavy (non-hydrogen) atoms. The van der Waals surface area contributed by atoms with E-state index in [1.54, 1.807) is 0 Å². The van der Waals surface area contributed by atoms with Gasteiger partial charge in [0.25, 0.3) is 0 Å². The maximum atomic E-state index is 3.82. The average Bonchev–Trinajstić information content (AvgIpc) is 2.06. The van der Waals surface area contributed by atoms with Gasteiger partial charge in [0.05, 0.1) is 24.6 Å². The zero-order chi connectivity index (χ0) is 10.2. The highest BCUT2D eigenvalue weighted by atomic mass is 31.2. The Morgan fingerprint density at radius 1 is 0.643 bits per heavy atom. The van der Waals surface area contributed by atoms with E-state index in [1.165, 1.54) is 0 Å². The van der Waals surface area contributed by atoms with Crippen LogP contribution in [0, 0.1) is 0 Å². The highest BCUT2D eigenvalue weighted by molar-refractivity contribution is 7.76. The lowest BCUT2D eigenvalue weighted by atomic mass is 10.7. The Bertz CT molecular complexity index is 151. The molecule has 0 saturated carbocycles. The lowest BCUT2D eigenvalue weighted by Gasteiger charge is -2.22. The van der Waals surface area contributed by atoms with E-state index in [0.29, 0.717) is 0 Å². The van der Waals surface area contributed by atoms with Crippen LogP contribution < -0.4 is 0 Å². The molecule has 1 N–H and O–H groups in total. The predicted molar refractivity (Wildman–Crippen MR) is 69.1 cm³/mol. The zero-order valence-electron chi connectivity index (χ0n) is 8.86. The Kier molecular flexibility index (Phi) is 10.1. The smallest absolute Gasteiger partial charge is 0.0780 e. The molecule has 0 aromatic carbocycles. The van der Waals surface area contributed by atoms with Crippen LogP contribution in [0.4, 0.5) is 0 Å². The molecular formula is C12H21OP. The topological polar surface area (TPSA) is 30.0 Å². The van der Waals surface area contributed by atoms with Gasteiger partial charge in [0.1, 0.15) is 0 Å². The summed E-state index contributed by atoms with van der Waals surface area (Å²) in [6.07, 6.45) is 12.5. The van der Waals surface area contributed by atoms with Crippen LogP contribution >= 0.6 is 7.26 Å². The Morgan fingerprint density at radius 3 is 1.00 bits per heavy atom. The molecule has 0 rings (SSSR count). The summed E-state index contributed by atoms with van der Waals surface area (Å²) in [7, 11) is -0.968. The first-order valence-corrected chi connectivity index (χ1v) is 7.06. The summed E-state index contributed by atoms with van der Waals surface area (Å²) < 4.78 is 0. The Hall–Kier alpha value is -0.650. The van der Waals surface area contributed by atoms with Crippen molar-refractivity contribution in [3.63, 3.8) is 0 Å². The second-order valence-electron chi connectivity index (χ2n) is 3.23. The lowest BCUT2D eigenvalue weighted by molar-refractivity contribution is 0.824. The fourth-order valence-corrected chi connectivity index (χ4v) is 4.63. The van der Waals surface area contributed by atoms with E-state index in [9.17, 15) is 0 Å². The molecule has 0 radical (unpaired) electrons. The zero-order valence-corrected chi connectivity index (χ0v) is 9.76. The SMILES string of the molecule is C=CC[P+](CC=C)(CC=C)CC=C.[OH-]. The monoisotopic (exact) mass is 212 g/mol. The molecule has 2 heteroatoms. The molecule has 0 spiro atoms. The molecule has 0 bridgehead atoms. The predicted octanol–water partition coefficient (Wildman–Crippen LogP) is 3.57. The number of hydrogen-bond donors (Lipinski definition) is 0. The van der Waals surface area contributed by atoms with Crippen LogP contribution in [0.5, 0.6) is 0 Å². The van der Waals surface area contributed by atoms with Crippen molar-refractivity contribution in [3.8, 4) is 0 Å². The van der Waals surface area contributed by atoms with Gasteiger partial charge in [-0.25, -0.2) is 0 Å². The summed E-state index contributed by atoms with van der Waals surface area (Å²) in [5, 5.41) is 0. The third kappa shape index (κ3) is 5.16. The van der Waals surface area contributed by atoms with E-state index in [4.69, 9.17) is 0 Å². The quantitative estimate of drug-likeness (QED) is 0.447. The van der Waals surface area contributed by atoms with Gasteiger partial charge in [-0.3, -0.25) is 0 Å². The van der Waals surface area contributed by atoms with Gasteiger partial charge in [-0.05, 0) is 0 Å². The Balaban J connectivity index is 0. The van der Waals surface area contributed by atoms with Crippen LogP contribution in [0.1, 0.15) is 0 Å². The summed E-state index contributed by atoms with van der Waals surface area (Å²) in [6.45, 7) is 15.3. The standard InChI is InChI=1S/C12H20P.H2O/c1-5-9-13(10-6-2,11-7-3)12-8-4;/h5-8H,1-4,9-12H2;1H2/q+1;/p-1. The molecule has 0 aliphatic rings. The van der Waals surface area contributed by atoms with Gasteiger partial charge in [-0.1, -0.05) is 50.6 Å². The van der Waals surface area contributed by atoms with Crippen LogP contribution in [0.15, 0.2) is 50.6 Å². The van der Waals surface area contributed by atoms with Gasteiger partial charge >= 0.3 is 0 Å². The first-order chi connectivity index (χ1) is 6.24. The van der Waals surface area contributed by atoms with Crippen molar-refractivity contribution in [2.45, 2.75) is 0 Å². The van der Waals surface area contributed by atoms with Crippen molar-refractivity contribution in [1.82, 2.24) is 0 Å². The minimum absolute atomic E-state index is 0. The Labute approximate surface area is 88.6 Å². The van der Waals surface area contributed by atoms with Crippen molar-refractivity contribution in [1.29, 1.82) is 0 Å². The first-order valence-electron chi connectivity index (χ1n) is 4.53. The number of rotatable bonds is 8. The molecule has 80 valence electrons.